The van der Waals surface area contributed by atoms with Crippen molar-refractivity contribution in [2.75, 3.05) is 23.3 Å². The van der Waals surface area contributed by atoms with Gasteiger partial charge in [-0.05, 0) is 55.0 Å². The normalized spacial score (nSPS) is 14.8. The largest absolute Gasteiger partial charge is 0.356 e. The zero-order chi connectivity index (χ0) is 21.1. The summed E-state index contributed by atoms with van der Waals surface area (Å²) in [5, 5.41) is 3.79. The van der Waals surface area contributed by atoms with Crippen LogP contribution in [0.1, 0.15) is 32.3 Å². The molecule has 0 atom stereocenters. The predicted molar refractivity (Wildman–Crippen MR) is 121 cm³/mol. The zero-order valence-corrected chi connectivity index (χ0v) is 17.6. The summed E-state index contributed by atoms with van der Waals surface area (Å²) < 4.78 is 1.46. The van der Waals surface area contributed by atoms with Crippen molar-refractivity contribution in [1.29, 1.82) is 0 Å². The number of benzene rings is 2. The second-order valence-electron chi connectivity index (χ2n) is 8.09. The molecule has 0 bridgehead atoms. The first-order valence-corrected chi connectivity index (χ1v) is 10.7. The number of hydrogen-bond acceptors (Lipinski definition) is 4. The van der Waals surface area contributed by atoms with Crippen molar-refractivity contribution in [3.8, 4) is 0 Å². The summed E-state index contributed by atoms with van der Waals surface area (Å²) >= 11 is 0. The average molecular weight is 405 g/mol. The highest BCUT2D eigenvalue weighted by atomic mass is 16.2. The van der Waals surface area contributed by atoms with E-state index in [1.54, 1.807) is 0 Å². The molecule has 2 heterocycles. The number of para-hydroxylation sites is 1. The summed E-state index contributed by atoms with van der Waals surface area (Å²) in [6, 6.07) is 15.5. The van der Waals surface area contributed by atoms with Crippen LogP contribution in [0.25, 0.3) is 10.9 Å². The van der Waals surface area contributed by atoms with Gasteiger partial charge in [0.25, 0.3) is 0 Å². The molecule has 156 valence electrons. The minimum Gasteiger partial charge on any atom is -0.356 e. The number of amides is 1. The first kappa shape index (κ1) is 20.1. The molecule has 1 fully saturated rings. The van der Waals surface area contributed by atoms with E-state index in [-0.39, 0.29) is 18.1 Å². The van der Waals surface area contributed by atoms with Gasteiger partial charge >= 0.3 is 5.69 Å². The van der Waals surface area contributed by atoms with Gasteiger partial charge in [0.1, 0.15) is 12.4 Å². The minimum absolute atomic E-state index is 0.0702. The summed E-state index contributed by atoms with van der Waals surface area (Å²) in [6.45, 7) is 6.08. The number of carbonyl (C=O) groups is 1. The summed E-state index contributed by atoms with van der Waals surface area (Å²) in [4.78, 5) is 32.1. The maximum atomic E-state index is 12.9. The molecular weight excluding hydrogens is 376 g/mol. The van der Waals surface area contributed by atoms with E-state index in [4.69, 9.17) is 0 Å². The first-order valence-electron chi connectivity index (χ1n) is 10.7. The van der Waals surface area contributed by atoms with Crippen LogP contribution in [0.4, 0.5) is 11.5 Å². The Bertz CT molecular complexity index is 1100. The van der Waals surface area contributed by atoms with Crippen LogP contribution in [0.5, 0.6) is 0 Å². The second kappa shape index (κ2) is 8.69. The van der Waals surface area contributed by atoms with Gasteiger partial charge in [-0.15, -0.1) is 0 Å². The SMILES string of the molecule is CCc1ccc(NC(=O)Cn2c(=O)nc(N3CCC(C)CC3)c3ccccc32)cc1. The summed E-state index contributed by atoms with van der Waals surface area (Å²) in [5.74, 6) is 1.19. The van der Waals surface area contributed by atoms with Gasteiger partial charge in [0.2, 0.25) is 5.91 Å². The highest BCUT2D eigenvalue weighted by Gasteiger charge is 2.21. The van der Waals surface area contributed by atoms with Gasteiger partial charge in [0.15, 0.2) is 0 Å². The van der Waals surface area contributed by atoms with Crippen LogP contribution in [0.3, 0.4) is 0 Å². The van der Waals surface area contributed by atoms with E-state index >= 15 is 0 Å². The third kappa shape index (κ3) is 4.22. The molecule has 0 radical (unpaired) electrons. The molecule has 0 unspecified atom stereocenters. The lowest BCUT2D eigenvalue weighted by atomic mass is 9.99. The van der Waals surface area contributed by atoms with Crippen LogP contribution in [0.15, 0.2) is 53.3 Å². The fourth-order valence-electron chi connectivity index (χ4n) is 3.99. The highest BCUT2D eigenvalue weighted by molar-refractivity contribution is 5.93. The van der Waals surface area contributed by atoms with E-state index in [0.717, 1.165) is 54.8 Å². The van der Waals surface area contributed by atoms with E-state index in [0.29, 0.717) is 5.92 Å². The standard InChI is InChI=1S/C24H28N4O2/c1-3-18-8-10-19(11-9-18)25-22(29)16-28-21-7-5-4-6-20(21)23(26-24(28)30)27-14-12-17(2)13-15-27/h4-11,17H,3,12-16H2,1-2H3,(H,25,29). The van der Waals surface area contributed by atoms with Crippen molar-refractivity contribution >= 4 is 28.3 Å². The molecule has 1 N–H and O–H groups in total. The molecule has 4 rings (SSSR count). The smallest absolute Gasteiger partial charge is 0.350 e. The van der Waals surface area contributed by atoms with Crippen LogP contribution in [-0.4, -0.2) is 28.5 Å². The maximum Gasteiger partial charge on any atom is 0.350 e. The van der Waals surface area contributed by atoms with Crippen LogP contribution >= 0.6 is 0 Å². The van der Waals surface area contributed by atoms with Crippen molar-refractivity contribution < 1.29 is 4.79 Å². The Balaban J connectivity index is 1.61. The number of anilines is 2. The predicted octanol–water partition coefficient (Wildman–Crippen LogP) is 3.83. The number of aryl methyl sites for hydroxylation is 1. The number of nitrogens with zero attached hydrogens (tertiary/aromatic N) is 3. The van der Waals surface area contributed by atoms with Crippen molar-refractivity contribution in [2.45, 2.75) is 39.7 Å². The minimum atomic E-state index is -0.390. The summed E-state index contributed by atoms with van der Waals surface area (Å²) in [7, 11) is 0. The number of piperidine rings is 1. The van der Waals surface area contributed by atoms with E-state index < -0.39 is 0 Å². The Labute approximate surface area is 176 Å². The highest BCUT2D eigenvalue weighted by Crippen LogP contribution is 2.27. The lowest BCUT2D eigenvalue weighted by molar-refractivity contribution is -0.116. The van der Waals surface area contributed by atoms with Gasteiger partial charge in [-0.1, -0.05) is 38.1 Å². The van der Waals surface area contributed by atoms with Gasteiger partial charge in [-0.3, -0.25) is 9.36 Å². The Kier molecular flexibility index (Phi) is 5.84. The van der Waals surface area contributed by atoms with Crippen molar-refractivity contribution in [1.82, 2.24) is 9.55 Å². The lowest BCUT2D eigenvalue weighted by Gasteiger charge is -2.32. The van der Waals surface area contributed by atoms with Crippen molar-refractivity contribution in [3.05, 3.63) is 64.6 Å². The fourth-order valence-corrected chi connectivity index (χ4v) is 3.99. The molecule has 0 aliphatic carbocycles. The molecule has 1 amide bonds. The third-order valence-corrected chi connectivity index (χ3v) is 5.90. The van der Waals surface area contributed by atoms with Crippen molar-refractivity contribution in [3.63, 3.8) is 0 Å². The van der Waals surface area contributed by atoms with Gasteiger partial charge in [-0.2, -0.15) is 4.98 Å². The Morgan fingerprint density at radius 3 is 2.50 bits per heavy atom. The fraction of sp³-hybridized carbons (Fsp3) is 0.375. The quantitative estimate of drug-likeness (QED) is 0.702. The molecule has 1 saturated heterocycles. The molecule has 30 heavy (non-hydrogen) atoms. The van der Waals surface area contributed by atoms with Gasteiger partial charge in [0, 0.05) is 24.2 Å². The van der Waals surface area contributed by atoms with Gasteiger partial charge in [-0.25, -0.2) is 4.79 Å². The zero-order valence-electron chi connectivity index (χ0n) is 17.6. The van der Waals surface area contributed by atoms with E-state index in [2.05, 4.69) is 29.0 Å². The van der Waals surface area contributed by atoms with Crippen LogP contribution in [0.2, 0.25) is 0 Å². The molecule has 6 nitrogen and oxygen atoms in total. The van der Waals surface area contributed by atoms with Crippen LogP contribution < -0.4 is 15.9 Å². The molecular formula is C24H28N4O2. The molecule has 1 aliphatic rings. The van der Waals surface area contributed by atoms with E-state index in [9.17, 15) is 9.59 Å². The topological polar surface area (TPSA) is 67.2 Å². The Morgan fingerprint density at radius 1 is 1.10 bits per heavy atom. The number of carbonyl (C=O) groups excluding carboxylic acids is 1. The molecule has 0 spiro atoms. The number of hydrogen-bond donors (Lipinski definition) is 1. The number of rotatable bonds is 5. The van der Waals surface area contributed by atoms with E-state index in [1.807, 2.05) is 48.5 Å². The number of nitrogens with one attached hydrogen (secondary N) is 1. The van der Waals surface area contributed by atoms with Gasteiger partial charge < -0.3 is 10.2 Å². The Hall–Kier alpha value is -3.15. The molecule has 1 aromatic heterocycles. The average Bonchev–Trinajstić information content (AvgIpc) is 2.77. The van der Waals surface area contributed by atoms with Crippen molar-refractivity contribution in [2.24, 2.45) is 5.92 Å². The third-order valence-electron chi connectivity index (χ3n) is 5.90. The monoisotopic (exact) mass is 404 g/mol. The molecule has 6 heteroatoms. The lowest BCUT2D eigenvalue weighted by Crippen LogP contribution is -2.37. The van der Waals surface area contributed by atoms with Crippen LogP contribution in [-0.2, 0) is 17.8 Å². The number of fused-ring (bicyclic) bond motifs is 1. The maximum absolute atomic E-state index is 12.9. The first-order chi connectivity index (χ1) is 14.5. The Morgan fingerprint density at radius 2 is 1.80 bits per heavy atom. The van der Waals surface area contributed by atoms with Gasteiger partial charge in [0.05, 0.1) is 5.52 Å². The molecule has 0 saturated carbocycles. The second-order valence-corrected chi connectivity index (χ2v) is 8.09. The van der Waals surface area contributed by atoms with E-state index in [1.165, 1.54) is 10.1 Å². The van der Waals surface area contributed by atoms with Crippen LogP contribution in [0, 0.1) is 5.92 Å². The molecule has 3 aromatic rings. The molecule has 1 aliphatic heterocycles. The summed E-state index contributed by atoms with van der Waals surface area (Å²) in [6.07, 6.45) is 3.14. The summed E-state index contributed by atoms with van der Waals surface area (Å²) in [5.41, 5.74) is 2.28. The molecule has 2 aromatic carbocycles. The number of aromatic nitrogens is 2.